The molecule has 1 fully saturated rings. The Balaban J connectivity index is 2.25. The maximum atomic E-state index is 5.15. The molecule has 1 aliphatic rings. The number of thiazole rings is 1. The highest BCUT2D eigenvalue weighted by Crippen LogP contribution is 2.45. The third-order valence-electron chi connectivity index (χ3n) is 2.62. The van der Waals surface area contributed by atoms with Gasteiger partial charge >= 0.3 is 0 Å². The Morgan fingerprint density at radius 3 is 2.93 bits per heavy atom. The van der Waals surface area contributed by atoms with Gasteiger partial charge in [0.1, 0.15) is 0 Å². The maximum absolute atomic E-state index is 5.15. The first-order valence-electron chi connectivity index (χ1n) is 4.90. The van der Waals surface area contributed by atoms with Crippen molar-refractivity contribution in [2.45, 2.75) is 38.0 Å². The predicted octanol–water partition coefficient (Wildman–Crippen LogP) is 2.19. The standard InChI is InChI=1S/C10H16N2OS/c1-10(2,5-13-11)9-8(7-3-4-7)12-6-14-9/h6-7H,3-5,11H2,1-2H3. The molecule has 0 amide bonds. The minimum Gasteiger partial charge on any atom is -0.304 e. The first-order chi connectivity index (χ1) is 6.65. The second-order valence-electron chi connectivity index (χ2n) is 4.54. The van der Waals surface area contributed by atoms with E-state index in [9.17, 15) is 0 Å². The molecule has 2 rings (SSSR count). The van der Waals surface area contributed by atoms with Gasteiger partial charge in [-0.25, -0.2) is 10.9 Å². The molecule has 1 aliphatic carbocycles. The van der Waals surface area contributed by atoms with Crippen LogP contribution in [-0.2, 0) is 10.3 Å². The molecule has 1 heterocycles. The normalized spacial score (nSPS) is 17.4. The highest BCUT2D eigenvalue weighted by molar-refractivity contribution is 7.09. The third kappa shape index (κ3) is 1.82. The first kappa shape index (κ1) is 10.1. The van der Waals surface area contributed by atoms with E-state index >= 15 is 0 Å². The van der Waals surface area contributed by atoms with Gasteiger partial charge < -0.3 is 4.84 Å². The fourth-order valence-electron chi connectivity index (χ4n) is 1.68. The van der Waals surface area contributed by atoms with Gasteiger partial charge in [0, 0.05) is 16.2 Å². The van der Waals surface area contributed by atoms with Gasteiger partial charge in [0.15, 0.2) is 0 Å². The van der Waals surface area contributed by atoms with Crippen LogP contribution in [-0.4, -0.2) is 11.6 Å². The summed E-state index contributed by atoms with van der Waals surface area (Å²) in [5, 5.41) is 0. The molecular weight excluding hydrogens is 196 g/mol. The van der Waals surface area contributed by atoms with Crippen LogP contribution in [0.4, 0.5) is 0 Å². The third-order valence-corrected chi connectivity index (χ3v) is 3.83. The molecule has 0 aliphatic heterocycles. The molecule has 0 atom stereocenters. The minimum atomic E-state index is -0.00611. The zero-order valence-corrected chi connectivity index (χ0v) is 9.43. The molecule has 1 aromatic rings. The Morgan fingerprint density at radius 1 is 1.64 bits per heavy atom. The van der Waals surface area contributed by atoms with Crippen LogP contribution in [0.1, 0.15) is 43.2 Å². The summed E-state index contributed by atoms with van der Waals surface area (Å²) in [5.74, 6) is 5.85. The zero-order chi connectivity index (χ0) is 10.2. The molecule has 4 heteroatoms. The summed E-state index contributed by atoms with van der Waals surface area (Å²) in [5.41, 5.74) is 3.20. The van der Waals surface area contributed by atoms with Crippen molar-refractivity contribution in [2.75, 3.05) is 6.61 Å². The van der Waals surface area contributed by atoms with Crippen LogP contribution in [0.2, 0.25) is 0 Å². The summed E-state index contributed by atoms with van der Waals surface area (Å²) in [4.78, 5) is 10.6. The van der Waals surface area contributed by atoms with Crippen LogP contribution in [0.15, 0.2) is 5.51 Å². The molecule has 78 valence electrons. The van der Waals surface area contributed by atoms with Crippen LogP contribution in [0.3, 0.4) is 0 Å². The smallest absolute Gasteiger partial charge is 0.0798 e. The van der Waals surface area contributed by atoms with Gasteiger partial charge in [-0.3, -0.25) is 0 Å². The Morgan fingerprint density at radius 2 is 2.36 bits per heavy atom. The van der Waals surface area contributed by atoms with Gasteiger partial charge in [0.25, 0.3) is 0 Å². The summed E-state index contributed by atoms with van der Waals surface area (Å²) >= 11 is 1.72. The molecule has 0 aromatic carbocycles. The maximum Gasteiger partial charge on any atom is 0.0798 e. The van der Waals surface area contributed by atoms with E-state index in [1.807, 2.05) is 5.51 Å². The zero-order valence-electron chi connectivity index (χ0n) is 8.62. The number of hydrogen-bond acceptors (Lipinski definition) is 4. The summed E-state index contributed by atoms with van der Waals surface area (Å²) < 4.78 is 0. The summed E-state index contributed by atoms with van der Waals surface area (Å²) in [6.07, 6.45) is 2.58. The Labute approximate surface area is 88.2 Å². The molecule has 0 bridgehead atoms. The summed E-state index contributed by atoms with van der Waals surface area (Å²) in [6.45, 7) is 4.85. The van der Waals surface area contributed by atoms with E-state index in [-0.39, 0.29) is 5.41 Å². The lowest BCUT2D eigenvalue weighted by Gasteiger charge is -2.22. The van der Waals surface area contributed by atoms with E-state index in [1.165, 1.54) is 23.4 Å². The van der Waals surface area contributed by atoms with Crippen molar-refractivity contribution in [3.63, 3.8) is 0 Å². The molecule has 0 unspecified atom stereocenters. The molecular formula is C10H16N2OS. The monoisotopic (exact) mass is 212 g/mol. The van der Waals surface area contributed by atoms with Crippen molar-refractivity contribution < 1.29 is 4.84 Å². The number of aromatic nitrogens is 1. The Bertz CT molecular complexity index is 318. The van der Waals surface area contributed by atoms with Gasteiger partial charge in [-0.15, -0.1) is 11.3 Å². The largest absolute Gasteiger partial charge is 0.304 e. The molecule has 0 spiro atoms. The second kappa shape index (κ2) is 3.61. The van der Waals surface area contributed by atoms with E-state index in [2.05, 4.69) is 18.8 Å². The lowest BCUT2D eigenvalue weighted by Crippen LogP contribution is -2.26. The SMILES string of the molecule is CC(C)(CON)c1scnc1C1CC1. The summed E-state index contributed by atoms with van der Waals surface area (Å²) in [7, 11) is 0. The van der Waals surface area contributed by atoms with Gasteiger partial charge in [-0.2, -0.15) is 0 Å². The predicted molar refractivity (Wildman–Crippen MR) is 57.3 cm³/mol. The summed E-state index contributed by atoms with van der Waals surface area (Å²) in [6, 6.07) is 0. The van der Waals surface area contributed by atoms with Crippen molar-refractivity contribution in [1.82, 2.24) is 4.98 Å². The van der Waals surface area contributed by atoms with Gasteiger partial charge in [-0.05, 0) is 12.8 Å². The average molecular weight is 212 g/mol. The number of rotatable bonds is 4. The second-order valence-corrected chi connectivity index (χ2v) is 5.39. The first-order valence-corrected chi connectivity index (χ1v) is 5.78. The Hall–Kier alpha value is -0.450. The van der Waals surface area contributed by atoms with E-state index in [4.69, 9.17) is 10.7 Å². The van der Waals surface area contributed by atoms with Gasteiger partial charge in [0.05, 0.1) is 17.8 Å². The van der Waals surface area contributed by atoms with Crippen LogP contribution in [0.25, 0.3) is 0 Å². The molecule has 1 saturated carbocycles. The van der Waals surface area contributed by atoms with Crippen LogP contribution in [0, 0.1) is 0 Å². The molecule has 1 aromatic heterocycles. The van der Waals surface area contributed by atoms with Crippen molar-refractivity contribution >= 4 is 11.3 Å². The molecule has 0 saturated heterocycles. The lowest BCUT2D eigenvalue weighted by atomic mass is 9.90. The minimum absolute atomic E-state index is 0.00611. The van der Waals surface area contributed by atoms with Crippen LogP contribution >= 0.6 is 11.3 Å². The number of hydrogen-bond donors (Lipinski definition) is 1. The van der Waals surface area contributed by atoms with E-state index < -0.39 is 0 Å². The fraction of sp³-hybridized carbons (Fsp3) is 0.700. The molecule has 3 nitrogen and oxygen atoms in total. The van der Waals surface area contributed by atoms with Gasteiger partial charge in [-0.1, -0.05) is 13.8 Å². The highest BCUT2D eigenvalue weighted by Gasteiger charge is 2.34. The van der Waals surface area contributed by atoms with Crippen LogP contribution < -0.4 is 5.90 Å². The number of nitrogens with two attached hydrogens (primary N) is 1. The van der Waals surface area contributed by atoms with E-state index in [1.54, 1.807) is 11.3 Å². The topological polar surface area (TPSA) is 48.1 Å². The van der Waals surface area contributed by atoms with Crippen LogP contribution in [0.5, 0.6) is 0 Å². The van der Waals surface area contributed by atoms with E-state index in [0.717, 1.165) is 0 Å². The quantitative estimate of drug-likeness (QED) is 0.778. The molecule has 0 radical (unpaired) electrons. The van der Waals surface area contributed by atoms with Crippen molar-refractivity contribution in [2.24, 2.45) is 5.90 Å². The van der Waals surface area contributed by atoms with Crippen molar-refractivity contribution in [1.29, 1.82) is 0 Å². The average Bonchev–Trinajstić information content (AvgIpc) is 2.83. The Kier molecular flexibility index (Phi) is 2.60. The molecule has 2 N–H and O–H groups in total. The molecule has 14 heavy (non-hydrogen) atoms. The number of nitrogens with zero attached hydrogens (tertiary/aromatic N) is 1. The highest BCUT2D eigenvalue weighted by atomic mass is 32.1. The van der Waals surface area contributed by atoms with Gasteiger partial charge in [0.2, 0.25) is 0 Å². The van der Waals surface area contributed by atoms with Crippen molar-refractivity contribution in [3.8, 4) is 0 Å². The fourth-order valence-corrected chi connectivity index (χ4v) is 2.67. The van der Waals surface area contributed by atoms with E-state index in [0.29, 0.717) is 12.5 Å². The lowest BCUT2D eigenvalue weighted by molar-refractivity contribution is 0.0972. The van der Waals surface area contributed by atoms with Crippen molar-refractivity contribution in [3.05, 3.63) is 16.1 Å².